The number of thiophene rings is 6. The van der Waals surface area contributed by atoms with E-state index in [2.05, 4.69) is 26.0 Å². The molecular formula is C34H32O6S6. The third-order valence-electron chi connectivity index (χ3n) is 7.27. The average Bonchev–Trinajstić information content (AvgIpc) is 3.89. The summed E-state index contributed by atoms with van der Waals surface area (Å²) in [5, 5.41) is 17.7. The van der Waals surface area contributed by atoms with Crippen LogP contribution >= 0.6 is 68.0 Å². The van der Waals surface area contributed by atoms with Crippen molar-refractivity contribution < 1.29 is 29.3 Å². The molecule has 0 aliphatic carbocycles. The number of esters is 2. The van der Waals surface area contributed by atoms with E-state index in [0.717, 1.165) is 9.75 Å². The molecule has 0 fully saturated rings. The highest BCUT2D eigenvalue weighted by molar-refractivity contribution is 7.46. The van der Waals surface area contributed by atoms with Crippen molar-refractivity contribution in [2.75, 3.05) is 26.4 Å². The van der Waals surface area contributed by atoms with Crippen molar-refractivity contribution in [2.24, 2.45) is 0 Å². The fourth-order valence-electron chi connectivity index (χ4n) is 4.91. The Morgan fingerprint density at radius 2 is 1.00 bits per heavy atom. The Morgan fingerprint density at radius 3 is 1.41 bits per heavy atom. The lowest BCUT2D eigenvalue weighted by atomic mass is 10.2. The largest absolute Gasteiger partial charge is 0.463 e. The Hall–Kier alpha value is -2.68. The number of rotatable bonds is 14. The van der Waals surface area contributed by atoms with Crippen molar-refractivity contribution in [3.05, 3.63) is 57.3 Å². The van der Waals surface area contributed by atoms with Gasteiger partial charge in [0.15, 0.2) is 0 Å². The number of carbonyl (C=O) groups is 2. The van der Waals surface area contributed by atoms with Gasteiger partial charge in [0.2, 0.25) is 0 Å². The van der Waals surface area contributed by atoms with E-state index in [0.29, 0.717) is 38.9 Å². The van der Waals surface area contributed by atoms with Gasteiger partial charge in [-0.15, -0.1) is 68.0 Å². The second-order valence-corrected chi connectivity index (χ2v) is 16.9. The first-order chi connectivity index (χ1) is 22.4. The molecule has 0 aliphatic rings. The molecule has 6 rings (SSSR count). The average molecular weight is 729 g/mol. The molecule has 6 heterocycles. The number of hydrogen-bond donors (Lipinski definition) is 2. The normalized spacial score (nSPS) is 12.2. The quantitative estimate of drug-likeness (QED) is 0.0659. The van der Waals surface area contributed by atoms with E-state index in [4.69, 9.17) is 19.7 Å². The highest BCUT2D eigenvalue weighted by atomic mass is 32.1. The van der Waals surface area contributed by atoms with Crippen LogP contribution in [0.15, 0.2) is 36.4 Å². The third kappa shape index (κ3) is 7.09. The van der Waals surface area contributed by atoms with Gasteiger partial charge in [0, 0.05) is 54.6 Å². The van der Waals surface area contributed by atoms with Crippen molar-refractivity contribution in [1.29, 1.82) is 0 Å². The second-order valence-electron chi connectivity index (χ2n) is 10.6. The molecule has 0 amide bonds. The molecule has 6 aromatic heterocycles. The summed E-state index contributed by atoms with van der Waals surface area (Å²) in [6.45, 7) is 5.27. The first-order valence-corrected chi connectivity index (χ1v) is 19.8. The van der Waals surface area contributed by atoms with Gasteiger partial charge >= 0.3 is 11.9 Å². The van der Waals surface area contributed by atoms with Crippen molar-refractivity contribution in [3.8, 4) is 19.5 Å². The first-order valence-electron chi connectivity index (χ1n) is 14.9. The Bertz CT molecular complexity index is 1910. The Morgan fingerprint density at radius 1 is 0.587 bits per heavy atom. The molecular weight excluding hydrogens is 697 g/mol. The molecule has 46 heavy (non-hydrogen) atoms. The van der Waals surface area contributed by atoms with Crippen LogP contribution in [0.4, 0.5) is 0 Å². The van der Waals surface area contributed by atoms with Crippen LogP contribution in [0.2, 0.25) is 0 Å². The number of fused-ring (bicyclic) bond motifs is 5. The van der Waals surface area contributed by atoms with E-state index >= 15 is 0 Å². The van der Waals surface area contributed by atoms with Crippen molar-refractivity contribution in [1.82, 2.24) is 0 Å². The van der Waals surface area contributed by atoms with Gasteiger partial charge in [0.05, 0.1) is 41.4 Å². The zero-order valence-corrected chi connectivity index (χ0v) is 30.2. The van der Waals surface area contributed by atoms with Gasteiger partial charge in [-0.05, 0) is 87.1 Å². The molecule has 2 N–H and O–H groups in total. The number of aryl methyl sites for hydroxylation is 2. The van der Waals surface area contributed by atoms with Gasteiger partial charge in [0.25, 0.3) is 0 Å². The number of aliphatic hydroxyl groups is 2. The van der Waals surface area contributed by atoms with Gasteiger partial charge < -0.3 is 19.7 Å². The van der Waals surface area contributed by atoms with Crippen LogP contribution < -0.4 is 0 Å². The van der Waals surface area contributed by atoms with Crippen LogP contribution in [0.25, 0.3) is 59.9 Å². The summed E-state index contributed by atoms with van der Waals surface area (Å²) in [5.41, 5.74) is 2.61. The molecule has 0 radical (unpaired) electrons. The lowest BCUT2D eigenvalue weighted by Crippen LogP contribution is -2.02. The minimum Gasteiger partial charge on any atom is -0.463 e. The van der Waals surface area contributed by atoms with E-state index in [-0.39, 0.29) is 25.2 Å². The number of carbonyl (C=O) groups excluding carboxylic acids is 2. The molecule has 6 nitrogen and oxygen atoms in total. The molecule has 240 valence electrons. The summed E-state index contributed by atoms with van der Waals surface area (Å²) in [6, 6.07) is 8.35. The SMILES string of the molecule is Cc1c(-c2ccc(/C=C/C(=O)OCCCCO)s2)sc2c1sc1c3sc(-c4ccc(/C=C/C(=O)OCCCCO)s4)c(C)c3sc21. The van der Waals surface area contributed by atoms with E-state index in [9.17, 15) is 9.59 Å². The zero-order valence-electron chi connectivity index (χ0n) is 25.3. The molecule has 0 saturated heterocycles. The number of aliphatic hydroxyl groups excluding tert-OH is 2. The van der Waals surface area contributed by atoms with Gasteiger partial charge in [-0.1, -0.05) is 0 Å². The number of ether oxygens (including phenoxy) is 2. The minimum atomic E-state index is -0.362. The van der Waals surface area contributed by atoms with Gasteiger partial charge in [-0.25, -0.2) is 9.59 Å². The molecule has 0 unspecified atom stereocenters. The second kappa shape index (κ2) is 15.0. The summed E-state index contributed by atoms with van der Waals surface area (Å²) < 4.78 is 18.5. The number of unbranched alkanes of at least 4 members (excludes halogenated alkanes) is 2. The maximum Gasteiger partial charge on any atom is 0.330 e. The van der Waals surface area contributed by atoms with E-state index in [1.165, 1.54) is 71.0 Å². The molecule has 0 aliphatic heterocycles. The van der Waals surface area contributed by atoms with Crippen LogP contribution in [0, 0.1) is 13.8 Å². The van der Waals surface area contributed by atoms with Crippen LogP contribution in [-0.4, -0.2) is 48.6 Å². The zero-order chi connectivity index (χ0) is 32.2. The van der Waals surface area contributed by atoms with Crippen molar-refractivity contribution >= 4 is 120 Å². The highest BCUT2D eigenvalue weighted by Gasteiger charge is 2.23. The monoisotopic (exact) mass is 728 g/mol. The van der Waals surface area contributed by atoms with Crippen LogP contribution in [0.1, 0.15) is 46.6 Å². The van der Waals surface area contributed by atoms with E-state index < -0.39 is 0 Å². The standard InChI is InChI=1S/C34H32O6S6/c1-19-27(23-11-7-21(41-23)9-13-25(37)39-17-5-3-15-35)43-31-29(19)45-34-32-30(46-33(31)34)20(2)28(44-32)24-12-8-22(42-24)10-14-26(38)40-18-6-4-16-36/h7-14,35-36H,3-6,15-18H2,1-2H3/b13-9+,14-10+. The van der Waals surface area contributed by atoms with Gasteiger partial charge in [-0.3, -0.25) is 0 Å². The molecule has 0 aromatic carbocycles. The third-order valence-corrected chi connectivity index (χ3v) is 15.7. The molecule has 0 bridgehead atoms. The topological polar surface area (TPSA) is 93.1 Å². The minimum absolute atomic E-state index is 0.106. The molecule has 6 aromatic rings. The molecule has 12 heteroatoms. The Kier molecular flexibility index (Phi) is 10.9. The predicted octanol–water partition coefficient (Wildman–Crippen LogP) is 10.1. The maximum absolute atomic E-state index is 12.0. The van der Waals surface area contributed by atoms with Crippen LogP contribution in [0.5, 0.6) is 0 Å². The molecule has 0 saturated carbocycles. The summed E-state index contributed by atoms with van der Waals surface area (Å²) in [7, 11) is 0. The molecule has 0 atom stereocenters. The lowest BCUT2D eigenvalue weighted by molar-refractivity contribution is -0.138. The summed E-state index contributed by atoms with van der Waals surface area (Å²) in [4.78, 5) is 31.0. The van der Waals surface area contributed by atoms with Crippen LogP contribution in [0.3, 0.4) is 0 Å². The van der Waals surface area contributed by atoms with Gasteiger partial charge in [-0.2, -0.15) is 0 Å². The Balaban J connectivity index is 1.19. The van der Waals surface area contributed by atoms with E-state index in [1.807, 2.05) is 69.6 Å². The summed E-state index contributed by atoms with van der Waals surface area (Å²) >= 11 is 10.8. The number of hydrogen-bond acceptors (Lipinski definition) is 12. The smallest absolute Gasteiger partial charge is 0.330 e. The van der Waals surface area contributed by atoms with Crippen molar-refractivity contribution in [2.45, 2.75) is 39.5 Å². The van der Waals surface area contributed by atoms with E-state index in [1.54, 1.807) is 22.7 Å². The Labute approximate surface area is 290 Å². The fourth-order valence-corrected chi connectivity index (χ4v) is 13.1. The lowest BCUT2D eigenvalue weighted by Gasteiger charge is -1.99. The summed E-state index contributed by atoms with van der Waals surface area (Å²) in [6.07, 6.45) is 9.14. The van der Waals surface area contributed by atoms with Crippen molar-refractivity contribution in [3.63, 3.8) is 0 Å². The summed E-state index contributed by atoms with van der Waals surface area (Å²) in [5.74, 6) is -0.724. The maximum atomic E-state index is 12.0. The highest BCUT2D eigenvalue weighted by Crippen LogP contribution is 2.55. The predicted molar refractivity (Wildman–Crippen MR) is 199 cm³/mol. The first kappa shape index (κ1) is 33.2. The molecule has 0 spiro atoms. The van der Waals surface area contributed by atoms with Gasteiger partial charge in [0.1, 0.15) is 0 Å². The fraction of sp³-hybridized carbons (Fsp3) is 0.294. The van der Waals surface area contributed by atoms with Crippen LogP contribution in [-0.2, 0) is 19.1 Å².